The molecule has 0 fully saturated rings. The van der Waals surface area contributed by atoms with Gasteiger partial charge in [0.15, 0.2) is 17.4 Å². The van der Waals surface area contributed by atoms with E-state index in [0.717, 1.165) is 5.69 Å². The summed E-state index contributed by atoms with van der Waals surface area (Å²) >= 11 is 0. The molecule has 0 amide bonds. The minimum atomic E-state index is -0.763. The highest BCUT2D eigenvalue weighted by atomic mass is 19.1. The summed E-state index contributed by atoms with van der Waals surface area (Å²) in [6.45, 7) is 0.0736. The fourth-order valence-corrected chi connectivity index (χ4v) is 1.77. The highest BCUT2D eigenvalue weighted by Crippen LogP contribution is 2.30. The van der Waals surface area contributed by atoms with Gasteiger partial charge in [0, 0.05) is 32.4 Å². The second kappa shape index (κ2) is 5.88. The number of nitrogens with zero attached hydrogens (tertiary/aromatic N) is 1. The van der Waals surface area contributed by atoms with Crippen molar-refractivity contribution in [2.24, 2.45) is 5.73 Å². The van der Waals surface area contributed by atoms with Crippen molar-refractivity contribution < 1.29 is 13.5 Å². The Hall–Kier alpha value is -2.14. The van der Waals surface area contributed by atoms with Crippen LogP contribution in [-0.4, -0.2) is 14.1 Å². The van der Waals surface area contributed by atoms with Crippen LogP contribution in [0.3, 0.4) is 0 Å². The Morgan fingerprint density at radius 2 is 1.75 bits per heavy atom. The second-order valence-corrected chi connectivity index (χ2v) is 4.59. The summed E-state index contributed by atoms with van der Waals surface area (Å²) < 4.78 is 32.9. The summed E-state index contributed by atoms with van der Waals surface area (Å²) in [4.78, 5) is 1.87. The lowest BCUT2D eigenvalue weighted by Crippen LogP contribution is -2.08. The molecule has 0 unspecified atom stereocenters. The van der Waals surface area contributed by atoms with Crippen molar-refractivity contribution >= 4 is 5.69 Å². The molecular formula is C15H16F2N2O. The van der Waals surface area contributed by atoms with Crippen molar-refractivity contribution in [1.82, 2.24) is 0 Å². The van der Waals surface area contributed by atoms with Crippen LogP contribution in [0.15, 0.2) is 36.4 Å². The highest BCUT2D eigenvalue weighted by Gasteiger charge is 2.13. The summed E-state index contributed by atoms with van der Waals surface area (Å²) in [5.74, 6) is -1.57. The van der Waals surface area contributed by atoms with Gasteiger partial charge < -0.3 is 15.4 Å². The van der Waals surface area contributed by atoms with Crippen LogP contribution in [0, 0.1) is 11.6 Å². The minimum absolute atomic E-state index is 0.0736. The molecule has 0 aliphatic rings. The lowest BCUT2D eigenvalue weighted by Gasteiger charge is -2.14. The van der Waals surface area contributed by atoms with Crippen molar-refractivity contribution in [3.63, 3.8) is 0 Å². The first-order chi connectivity index (χ1) is 9.51. The summed E-state index contributed by atoms with van der Waals surface area (Å²) in [6, 6.07) is 9.33. The van der Waals surface area contributed by atoms with Crippen molar-refractivity contribution in [2.45, 2.75) is 6.54 Å². The van der Waals surface area contributed by atoms with E-state index < -0.39 is 17.4 Å². The van der Waals surface area contributed by atoms with Gasteiger partial charge >= 0.3 is 0 Å². The quantitative estimate of drug-likeness (QED) is 0.932. The zero-order valence-corrected chi connectivity index (χ0v) is 11.4. The number of halogens is 2. The predicted molar refractivity (Wildman–Crippen MR) is 75.1 cm³/mol. The van der Waals surface area contributed by atoms with E-state index in [9.17, 15) is 8.78 Å². The molecule has 0 saturated heterocycles. The Bertz CT molecular complexity index is 592. The molecule has 0 heterocycles. The number of ether oxygens (including phenoxy) is 1. The van der Waals surface area contributed by atoms with Gasteiger partial charge in [0.2, 0.25) is 0 Å². The first-order valence-corrected chi connectivity index (χ1v) is 6.14. The Labute approximate surface area is 116 Å². The number of nitrogens with two attached hydrogens (primary N) is 1. The van der Waals surface area contributed by atoms with Gasteiger partial charge in [0.1, 0.15) is 5.75 Å². The number of hydrogen-bond donors (Lipinski definition) is 1. The monoisotopic (exact) mass is 278 g/mol. The Morgan fingerprint density at radius 3 is 2.30 bits per heavy atom. The molecule has 106 valence electrons. The normalized spacial score (nSPS) is 10.4. The number of benzene rings is 2. The largest absolute Gasteiger partial charge is 0.451 e. The SMILES string of the molecule is CN(C)c1cccc(Oc2c(F)cc(CN)cc2F)c1. The van der Waals surface area contributed by atoms with Crippen LogP contribution in [0.25, 0.3) is 0 Å². The summed E-state index contributed by atoms with van der Waals surface area (Å²) in [6.07, 6.45) is 0. The molecule has 5 heteroatoms. The van der Waals surface area contributed by atoms with Crippen LogP contribution in [0.5, 0.6) is 11.5 Å². The standard InChI is InChI=1S/C15H16F2N2O/c1-19(2)11-4-3-5-12(8-11)20-15-13(16)6-10(9-18)7-14(15)17/h3-8H,9,18H2,1-2H3. The van der Waals surface area contributed by atoms with E-state index in [-0.39, 0.29) is 6.54 Å². The molecular weight excluding hydrogens is 262 g/mol. The molecule has 2 aromatic rings. The average Bonchev–Trinajstić information content (AvgIpc) is 2.42. The van der Waals surface area contributed by atoms with Gasteiger partial charge in [0.05, 0.1) is 0 Å². The average molecular weight is 278 g/mol. The van der Waals surface area contributed by atoms with Crippen LogP contribution in [-0.2, 0) is 6.54 Å². The molecule has 0 aliphatic carbocycles. The molecule has 0 saturated carbocycles. The first kappa shape index (κ1) is 14.3. The smallest absolute Gasteiger partial charge is 0.198 e. The van der Waals surface area contributed by atoms with Gasteiger partial charge in [-0.3, -0.25) is 0 Å². The number of rotatable bonds is 4. The third kappa shape index (κ3) is 3.05. The Balaban J connectivity index is 2.32. The molecule has 0 aromatic heterocycles. The van der Waals surface area contributed by atoms with Gasteiger partial charge in [-0.05, 0) is 29.8 Å². The van der Waals surface area contributed by atoms with Crippen molar-refractivity contribution in [3.8, 4) is 11.5 Å². The van der Waals surface area contributed by atoms with Gasteiger partial charge in [-0.2, -0.15) is 0 Å². The zero-order chi connectivity index (χ0) is 14.7. The van der Waals surface area contributed by atoms with Crippen LogP contribution < -0.4 is 15.4 Å². The van der Waals surface area contributed by atoms with E-state index in [1.807, 2.05) is 25.1 Å². The lowest BCUT2D eigenvalue weighted by atomic mass is 10.2. The van der Waals surface area contributed by atoms with E-state index in [1.165, 1.54) is 12.1 Å². The molecule has 3 nitrogen and oxygen atoms in total. The minimum Gasteiger partial charge on any atom is -0.451 e. The van der Waals surface area contributed by atoms with E-state index in [4.69, 9.17) is 10.5 Å². The van der Waals surface area contributed by atoms with Crippen molar-refractivity contribution in [2.75, 3.05) is 19.0 Å². The highest BCUT2D eigenvalue weighted by molar-refractivity contribution is 5.50. The second-order valence-electron chi connectivity index (χ2n) is 4.59. The molecule has 0 spiro atoms. The maximum Gasteiger partial charge on any atom is 0.198 e. The number of anilines is 1. The summed E-state index contributed by atoms with van der Waals surface area (Å²) in [5, 5.41) is 0. The topological polar surface area (TPSA) is 38.5 Å². The maximum absolute atomic E-state index is 13.8. The van der Waals surface area contributed by atoms with Gasteiger partial charge in [0.25, 0.3) is 0 Å². The summed E-state index contributed by atoms with van der Waals surface area (Å²) in [7, 11) is 3.74. The van der Waals surface area contributed by atoms with E-state index in [0.29, 0.717) is 11.3 Å². The Morgan fingerprint density at radius 1 is 1.10 bits per heavy atom. The van der Waals surface area contributed by atoms with Gasteiger partial charge in [-0.15, -0.1) is 0 Å². The first-order valence-electron chi connectivity index (χ1n) is 6.14. The fourth-order valence-electron chi connectivity index (χ4n) is 1.77. The third-order valence-corrected chi connectivity index (χ3v) is 2.85. The van der Waals surface area contributed by atoms with Crippen LogP contribution in [0.4, 0.5) is 14.5 Å². The van der Waals surface area contributed by atoms with Gasteiger partial charge in [-0.1, -0.05) is 6.07 Å². The molecule has 2 rings (SSSR count). The van der Waals surface area contributed by atoms with Crippen molar-refractivity contribution in [1.29, 1.82) is 0 Å². The molecule has 0 atom stereocenters. The van der Waals surface area contributed by atoms with E-state index in [1.54, 1.807) is 18.2 Å². The molecule has 0 aliphatic heterocycles. The fraction of sp³-hybridized carbons (Fsp3) is 0.200. The molecule has 2 aromatic carbocycles. The zero-order valence-electron chi connectivity index (χ0n) is 11.4. The molecule has 20 heavy (non-hydrogen) atoms. The van der Waals surface area contributed by atoms with E-state index >= 15 is 0 Å². The van der Waals surface area contributed by atoms with Crippen LogP contribution in [0.1, 0.15) is 5.56 Å². The van der Waals surface area contributed by atoms with Crippen molar-refractivity contribution in [3.05, 3.63) is 53.6 Å². The molecule has 2 N–H and O–H groups in total. The molecule has 0 radical (unpaired) electrons. The van der Waals surface area contributed by atoms with Crippen LogP contribution in [0.2, 0.25) is 0 Å². The molecule has 0 bridgehead atoms. The maximum atomic E-state index is 13.8. The van der Waals surface area contributed by atoms with Crippen LogP contribution >= 0.6 is 0 Å². The van der Waals surface area contributed by atoms with Gasteiger partial charge in [-0.25, -0.2) is 8.78 Å². The Kier molecular flexibility index (Phi) is 4.20. The summed E-state index contributed by atoms with van der Waals surface area (Å²) in [5.41, 5.74) is 6.62. The third-order valence-electron chi connectivity index (χ3n) is 2.85. The predicted octanol–water partition coefficient (Wildman–Crippen LogP) is 3.28. The van der Waals surface area contributed by atoms with E-state index in [2.05, 4.69) is 0 Å². The lowest BCUT2D eigenvalue weighted by molar-refractivity contribution is 0.406. The number of hydrogen-bond acceptors (Lipinski definition) is 3.